The summed E-state index contributed by atoms with van der Waals surface area (Å²) in [5.74, 6) is 0.290. The molecule has 1 aromatic rings. The van der Waals surface area contributed by atoms with Gasteiger partial charge in [0, 0.05) is 6.07 Å². The molecule has 84 valence electrons. The molecule has 0 fully saturated rings. The molecule has 1 atom stereocenters. The zero-order chi connectivity index (χ0) is 11.4. The fourth-order valence-corrected chi connectivity index (χ4v) is 1.45. The van der Waals surface area contributed by atoms with Crippen molar-refractivity contribution in [2.24, 2.45) is 0 Å². The van der Waals surface area contributed by atoms with Crippen LogP contribution in [0.2, 0.25) is 0 Å². The Hall–Kier alpha value is -1.25. The highest BCUT2D eigenvalue weighted by Crippen LogP contribution is 2.26. The van der Waals surface area contributed by atoms with Crippen molar-refractivity contribution in [1.82, 2.24) is 0 Å². The third kappa shape index (κ3) is 3.11. The minimum atomic E-state index is -0.289. The maximum atomic E-state index is 13.1. The van der Waals surface area contributed by atoms with Gasteiger partial charge < -0.3 is 10.5 Å². The number of benzene rings is 1. The van der Waals surface area contributed by atoms with Crippen molar-refractivity contribution in [3.8, 4) is 5.75 Å². The molecule has 3 heteroatoms. The summed E-state index contributed by atoms with van der Waals surface area (Å²) in [6, 6.07) is 2.96. The van der Waals surface area contributed by atoms with Crippen LogP contribution in [0, 0.1) is 12.7 Å². The highest BCUT2D eigenvalue weighted by Gasteiger charge is 2.09. The van der Waals surface area contributed by atoms with Crippen molar-refractivity contribution in [3.63, 3.8) is 0 Å². The van der Waals surface area contributed by atoms with Crippen molar-refractivity contribution in [3.05, 3.63) is 23.5 Å². The molecular formula is C12H18FNO. The standard InChI is InChI=1S/C12H18FNO/c1-4-5-9(3)15-12-6-8(2)10(13)7-11(12)14/h6-7,9H,4-5,14H2,1-3H3. The minimum absolute atomic E-state index is 0.113. The number of ether oxygens (including phenoxy) is 1. The van der Waals surface area contributed by atoms with Crippen molar-refractivity contribution in [1.29, 1.82) is 0 Å². The van der Waals surface area contributed by atoms with Crippen LogP contribution in [-0.2, 0) is 0 Å². The Labute approximate surface area is 90.2 Å². The summed E-state index contributed by atoms with van der Waals surface area (Å²) in [4.78, 5) is 0. The molecule has 0 aliphatic rings. The van der Waals surface area contributed by atoms with Gasteiger partial charge >= 0.3 is 0 Å². The molecule has 1 unspecified atom stereocenters. The van der Waals surface area contributed by atoms with E-state index in [1.54, 1.807) is 13.0 Å². The van der Waals surface area contributed by atoms with Gasteiger partial charge in [0.15, 0.2) is 0 Å². The third-order valence-corrected chi connectivity index (χ3v) is 2.31. The molecule has 2 nitrogen and oxygen atoms in total. The van der Waals surface area contributed by atoms with Crippen LogP contribution in [0.1, 0.15) is 32.3 Å². The van der Waals surface area contributed by atoms with E-state index in [4.69, 9.17) is 10.5 Å². The largest absolute Gasteiger partial charge is 0.489 e. The van der Waals surface area contributed by atoms with Gasteiger partial charge in [-0.05, 0) is 31.9 Å². The van der Waals surface area contributed by atoms with Crippen molar-refractivity contribution in [2.45, 2.75) is 39.7 Å². The summed E-state index contributed by atoms with van der Waals surface area (Å²) in [5, 5.41) is 0. The summed E-state index contributed by atoms with van der Waals surface area (Å²) < 4.78 is 18.7. The van der Waals surface area contributed by atoms with Gasteiger partial charge in [0.25, 0.3) is 0 Å². The molecule has 15 heavy (non-hydrogen) atoms. The number of anilines is 1. The Morgan fingerprint density at radius 3 is 2.73 bits per heavy atom. The molecule has 0 amide bonds. The van der Waals surface area contributed by atoms with Gasteiger partial charge in [0.1, 0.15) is 11.6 Å². The first-order valence-corrected chi connectivity index (χ1v) is 5.26. The maximum absolute atomic E-state index is 13.1. The topological polar surface area (TPSA) is 35.2 Å². The van der Waals surface area contributed by atoms with Crippen molar-refractivity contribution >= 4 is 5.69 Å². The van der Waals surface area contributed by atoms with E-state index in [9.17, 15) is 4.39 Å². The Balaban J connectivity index is 2.81. The van der Waals surface area contributed by atoms with Crippen LogP contribution in [0.4, 0.5) is 10.1 Å². The Bertz CT molecular complexity index is 339. The molecule has 0 aliphatic heterocycles. The van der Waals surface area contributed by atoms with Crippen LogP contribution in [-0.4, -0.2) is 6.10 Å². The molecule has 0 aromatic heterocycles. The molecule has 0 heterocycles. The monoisotopic (exact) mass is 211 g/mol. The first-order chi connectivity index (χ1) is 7.04. The van der Waals surface area contributed by atoms with Crippen LogP contribution >= 0.6 is 0 Å². The fraction of sp³-hybridized carbons (Fsp3) is 0.500. The lowest BCUT2D eigenvalue weighted by Gasteiger charge is -2.16. The summed E-state index contributed by atoms with van der Waals surface area (Å²) in [7, 11) is 0. The smallest absolute Gasteiger partial charge is 0.143 e. The van der Waals surface area contributed by atoms with Crippen LogP contribution in [0.5, 0.6) is 5.75 Å². The van der Waals surface area contributed by atoms with Gasteiger partial charge in [-0.15, -0.1) is 0 Å². The number of hydrogen-bond acceptors (Lipinski definition) is 2. The third-order valence-electron chi connectivity index (χ3n) is 2.31. The van der Waals surface area contributed by atoms with E-state index in [1.807, 2.05) is 6.92 Å². The predicted molar refractivity (Wildman–Crippen MR) is 60.5 cm³/mol. The van der Waals surface area contributed by atoms with Gasteiger partial charge in [-0.1, -0.05) is 13.3 Å². The second-order valence-corrected chi connectivity index (χ2v) is 3.86. The number of halogens is 1. The molecule has 1 rings (SSSR count). The van der Waals surface area contributed by atoms with Crippen LogP contribution in [0.3, 0.4) is 0 Å². The Morgan fingerprint density at radius 1 is 1.47 bits per heavy atom. The number of aryl methyl sites for hydroxylation is 1. The number of hydrogen-bond donors (Lipinski definition) is 1. The Kier molecular flexibility index (Phi) is 3.95. The maximum Gasteiger partial charge on any atom is 0.143 e. The lowest BCUT2D eigenvalue weighted by atomic mass is 10.2. The van der Waals surface area contributed by atoms with E-state index in [2.05, 4.69) is 6.92 Å². The molecule has 0 aliphatic carbocycles. The number of nitrogen functional groups attached to an aromatic ring is 1. The van der Waals surface area contributed by atoms with Gasteiger partial charge in [-0.2, -0.15) is 0 Å². The predicted octanol–water partition coefficient (Wildman–Crippen LogP) is 3.28. The van der Waals surface area contributed by atoms with E-state index in [0.29, 0.717) is 17.0 Å². The van der Waals surface area contributed by atoms with E-state index in [-0.39, 0.29) is 11.9 Å². The van der Waals surface area contributed by atoms with Gasteiger partial charge in [-0.3, -0.25) is 0 Å². The zero-order valence-corrected chi connectivity index (χ0v) is 9.51. The highest BCUT2D eigenvalue weighted by atomic mass is 19.1. The average molecular weight is 211 g/mol. The Morgan fingerprint density at radius 2 is 2.13 bits per heavy atom. The van der Waals surface area contributed by atoms with Crippen LogP contribution in [0.25, 0.3) is 0 Å². The summed E-state index contributed by atoms with van der Waals surface area (Å²) in [6.07, 6.45) is 2.14. The van der Waals surface area contributed by atoms with E-state index in [1.165, 1.54) is 6.07 Å². The first kappa shape index (κ1) is 11.8. The molecule has 0 saturated heterocycles. The summed E-state index contributed by atoms with van der Waals surface area (Å²) in [6.45, 7) is 5.78. The molecule has 0 spiro atoms. The second kappa shape index (κ2) is 5.01. The van der Waals surface area contributed by atoms with Crippen LogP contribution in [0.15, 0.2) is 12.1 Å². The van der Waals surface area contributed by atoms with Gasteiger partial charge in [0.05, 0.1) is 11.8 Å². The van der Waals surface area contributed by atoms with Crippen molar-refractivity contribution < 1.29 is 9.13 Å². The fourth-order valence-electron chi connectivity index (χ4n) is 1.45. The SMILES string of the molecule is CCCC(C)Oc1cc(C)c(F)cc1N. The number of nitrogens with two attached hydrogens (primary N) is 1. The highest BCUT2D eigenvalue weighted by molar-refractivity contribution is 5.54. The molecule has 0 bridgehead atoms. The minimum Gasteiger partial charge on any atom is -0.489 e. The molecule has 2 N–H and O–H groups in total. The molecule has 1 aromatic carbocycles. The molecule has 0 saturated carbocycles. The van der Waals surface area contributed by atoms with Crippen molar-refractivity contribution in [2.75, 3.05) is 5.73 Å². The zero-order valence-electron chi connectivity index (χ0n) is 9.51. The lowest BCUT2D eigenvalue weighted by molar-refractivity contribution is 0.211. The van der Waals surface area contributed by atoms with E-state index < -0.39 is 0 Å². The lowest BCUT2D eigenvalue weighted by Crippen LogP contribution is -2.12. The van der Waals surface area contributed by atoms with Crippen LogP contribution < -0.4 is 10.5 Å². The average Bonchev–Trinajstić information content (AvgIpc) is 2.14. The van der Waals surface area contributed by atoms with Gasteiger partial charge in [-0.25, -0.2) is 4.39 Å². The second-order valence-electron chi connectivity index (χ2n) is 3.86. The van der Waals surface area contributed by atoms with E-state index >= 15 is 0 Å². The van der Waals surface area contributed by atoms with Gasteiger partial charge in [0.2, 0.25) is 0 Å². The first-order valence-electron chi connectivity index (χ1n) is 5.26. The quantitative estimate of drug-likeness (QED) is 0.776. The van der Waals surface area contributed by atoms with E-state index in [0.717, 1.165) is 12.8 Å². The number of rotatable bonds is 4. The summed E-state index contributed by atoms with van der Waals surface area (Å²) >= 11 is 0. The molecular weight excluding hydrogens is 193 g/mol. The summed E-state index contributed by atoms with van der Waals surface area (Å²) in [5.41, 5.74) is 6.59. The normalized spacial score (nSPS) is 12.5. The molecule has 0 radical (unpaired) electrons.